The summed E-state index contributed by atoms with van der Waals surface area (Å²) in [7, 11) is -3.95. The highest BCUT2D eigenvalue weighted by Gasteiger charge is 2.23. The fourth-order valence-electron chi connectivity index (χ4n) is 2.97. The molecule has 3 aromatic rings. The van der Waals surface area contributed by atoms with Gasteiger partial charge in [0.2, 0.25) is 10.0 Å². The summed E-state index contributed by atoms with van der Waals surface area (Å²) >= 11 is 0. The van der Waals surface area contributed by atoms with Gasteiger partial charge in [0.05, 0.1) is 11.5 Å². The lowest BCUT2D eigenvalue weighted by molar-refractivity contribution is -0.143. The molecule has 7 nitrogen and oxygen atoms in total. The maximum absolute atomic E-state index is 12.1. The molecule has 8 heteroatoms. The van der Waals surface area contributed by atoms with Crippen molar-refractivity contribution >= 4 is 16.0 Å². The van der Waals surface area contributed by atoms with Gasteiger partial charge in [-0.15, -0.1) is 0 Å². The van der Waals surface area contributed by atoms with Crippen molar-refractivity contribution in [3.8, 4) is 22.6 Å². The molecule has 1 heterocycles. The van der Waals surface area contributed by atoms with Crippen molar-refractivity contribution in [3.63, 3.8) is 0 Å². The van der Waals surface area contributed by atoms with Crippen LogP contribution in [0.1, 0.15) is 25.7 Å². The van der Waals surface area contributed by atoms with Crippen molar-refractivity contribution in [2.75, 3.05) is 6.61 Å². The summed E-state index contributed by atoms with van der Waals surface area (Å²) in [6.07, 6.45) is 1.17. The number of esters is 1. The molecule has 0 fully saturated rings. The SMILES string of the molecule is CCOC(=O)CCCc1nc(-c2ccccc2)c(-c2ccccc2S(N)(=O)=O)o1. The molecular weight excluding hydrogens is 392 g/mol. The smallest absolute Gasteiger partial charge is 0.305 e. The average Bonchev–Trinajstić information content (AvgIpc) is 3.12. The summed E-state index contributed by atoms with van der Waals surface area (Å²) < 4.78 is 35.0. The Morgan fingerprint density at radius 1 is 1.10 bits per heavy atom. The Bertz CT molecular complexity index is 1090. The van der Waals surface area contributed by atoms with Gasteiger partial charge >= 0.3 is 5.97 Å². The van der Waals surface area contributed by atoms with E-state index in [0.717, 1.165) is 5.56 Å². The van der Waals surface area contributed by atoms with Crippen molar-refractivity contribution in [3.05, 3.63) is 60.5 Å². The third kappa shape index (κ3) is 5.10. The summed E-state index contributed by atoms with van der Waals surface area (Å²) in [6.45, 7) is 2.10. The van der Waals surface area contributed by atoms with Gasteiger partial charge in [0.25, 0.3) is 0 Å². The number of aromatic nitrogens is 1. The molecule has 0 radical (unpaired) electrons. The number of sulfonamides is 1. The number of hydrogen-bond acceptors (Lipinski definition) is 6. The Kier molecular flexibility index (Phi) is 6.46. The summed E-state index contributed by atoms with van der Waals surface area (Å²) in [6, 6.07) is 15.7. The van der Waals surface area contributed by atoms with Gasteiger partial charge in [0, 0.05) is 24.0 Å². The Morgan fingerprint density at radius 3 is 2.48 bits per heavy atom. The summed E-state index contributed by atoms with van der Waals surface area (Å²) in [4.78, 5) is 16.1. The van der Waals surface area contributed by atoms with Crippen LogP contribution in [0.15, 0.2) is 63.9 Å². The van der Waals surface area contributed by atoms with Crippen LogP contribution in [0.5, 0.6) is 0 Å². The molecule has 0 saturated carbocycles. The number of aryl methyl sites for hydroxylation is 1. The molecule has 0 aliphatic carbocycles. The van der Waals surface area contributed by atoms with E-state index in [1.54, 1.807) is 25.1 Å². The van der Waals surface area contributed by atoms with Gasteiger partial charge in [-0.2, -0.15) is 0 Å². The third-order valence-electron chi connectivity index (χ3n) is 4.23. The Hall–Kier alpha value is -2.97. The predicted molar refractivity (Wildman–Crippen MR) is 108 cm³/mol. The van der Waals surface area contributed by atoms with E-state index in [0.29, 0.717) is 42.4 Å². The van der Waals surface area contributed by atoms with Gasteiger partial charge in [0.1, 0.15) is 5.69 Å². The first-order valence-corrected chi connectivity index (χ1v) is 10.8. The summed E-state index contributed by atoms with van der Waals surface area (Å²) in [5, 5.41) is 5.39. The van der Waals surface area contributed by atoms with Crippen LogP contribution in [0.25, 0.3) is 22.6 Å². The normalized spacial score (nSPS) is 11.4. The molecule has 2 N–H and O–H groups in total. The number of primary sulfonamides is 1. The molecule has 0 bridgehead atoms. The van der Waals surface area contributed by atoms with Crippen LogP contribution in [0.3, 0.4) is 0 Å². The highest BCUT2D eigenvalue weighted by molar-refractivity contribution is 7.89. The van der Waals surface area contributed by atoms with Crippen molar-refractivity contribution in [2.24, 2.45) is 5.14 Å². The minimum absolute atomic E-state index is 0.0357. The summed E-state index contributed by atoms with van der Waals surface area (Å²) in [5.41, 5.74) is 1.65. The molecule has 0 atom stereocenters. The number of carbonyl (C=O) groups excluding carboxylic acids is 1. The molecule has 3 rings (SSSR count). The van der Waals surface area contributed by atoms with Crippen molar-refractivity contribution in [1.29, 1.82) is 0 Å². The highest BCUT2D eigenvalue weighted by Crippen LogP contribution is 2.36. The molecule has 0 saturated heterocycles. The zero-order valence-electron chi connectivity index (χ0n) is 16.0. The van der Waals surface area contributed by atoms with E-state index in [1.165, 1.54) is 6.07 Å². The quantitative estimate of drug-likeness (QED) is 0.564. The molecule has 0 unspecified atom stereocenters. The first kappa shape index (κ1) is 20.8. The topological polar surface area (TPSA) is 112 Å². The van der Waals surface area contributed by atoms with Crippen molar-refractivity contribution < 1.29 is 22.4 Å². The Morgan fingerprint density at radius 2 is 1.79 bits per heavy atom. The molecular formula is C21H22N2O5S. The molecule has 0 spiro atoms. The van der Waals surface area contributed by atoms with Crippen LogP contribution in [0, 0.1) is 0 Å². The number of carbonyl (C=O) groups is 1. The zero-order chi connectivity index (χ0) is 20.9. The van der Waals surface area contributed by atoms with E-state index in [4.69, 9.17) is 14.3 Å². The first-order chi connectivity index (χ1) is 13.9. The van der Waals surface area contributed by atoms with E-state index in [1.807, 2.05) is 30.3 Å². The number of ether oxygens (including phenoxy) is 1. The number of nitrogens with zero attached hydrogens (tertiary/aromatic N) is 1. The van der Waals surface area contributed by atoms with Crippen molar-refractivity contribution in [1.82, 2.24) is 4.98 Å². The lowest BCUT2D eigenvalue weighted by Gasteiger charge is -2.06. The fraction of sp³-hybridized carbons (Fsp3) is 0.238. The largest absolute Gasteiger partial charge is 0.466 e. The number of nitrogens with two attached hydrogens (primary N) is 1. The average molecular weight is 414 g/mol. The number of rotatable bonds is 8. The predicted octanol–water partition coefficient (Wildman–Crippen LogP) is 3.54. The molecule has 29 heavy (non-hydrogen) atoms. The standard InChI is InChI=1S/C21H22N2O5S/c1-2-27-19(24)14-8-13-18-23-20(15-9-4-3-5-10-15)21(28-18)16-11-6-7-12-17(16)29(22,25)26/h3-7,9-12H,2,8,13-14H2,1H3,(H2,22,25,26). The number of hydrogen-bond donors (Lipinski definition) is 1. The van der Waals surface area contributed by atoms with E-state index in [2.05, 4.69) is 4.98 Å². The molecule has 0 aliphatic heterocycles. The number of oxazole rings is 1. The van der Waals surface area contributed by atoms with E-state index >= 15 is 0 Å². The maximum atomic E-state index is 12.1. The molecule has 0 aliphatic rings. The number of benzene rings is 2. The third-order valence-corrected chi connectivity index (χ3v) is 5.20. The van der Waals surface area contributed by atoms with Crippen molar-refractivity contribution in [2.45, 2.75) is 31.1 Å². The molecule has 0 amide bonds. The minimum atomic E-state index is -3.95. The van der Waals surface area contributed by atoms with Crippen LogP contribution < -0.4 is 5.14 Å². The minimum Gasteiger partial charge on any atom is -0.466 e. The van der Waals surface area contributed by atoms with Gasteiger partial charge in [-0.3, -0.25) is 4.79 Å². The monoisotopic (exact) mass is 414 g/mol. The van der Waals surface area contributed by atoms with Crippen LogP contribution in [0.2, 0.25) is 0 Å². The molecule has 1 aromatic heterocycles. The lowest BCUT2D eigenvalue weighted by Crippen LogP contribution is -2.13. The van der Waals surface area contributed by atoms with Crippen LogP contribution in [-0.4, -0.2) is 26.0 Å². The lowest BCUT2D eigenvalue weighted by atomic mass is 10.1. The highest BCUT2D eigenvalue weighted by atomic mass is 32.2. The second-order valence-electron chi connectivity index (χ2n) is 6.35. The van der Waals surface area contributed by atoms with Crippen LogP contribution in [0.4, 0.5) is 0 Å². The Balaban J connectivity index is 2.00. The van der Waals surface area contributed by atoms with Gasteiger partial charge in [0.15, 0.2) is 11.7 Å². The molecule has 2 aromatic carbocycles. The maximum Gasteiger partial charge on any atom is 0.305 e. The van der Waals surface area contributed by atoms with Gasteiger partial charge in [-0.05, 0) is 25.5 Å². The van der Waals surface area contributed by atoms with E-state index < -0.39 is 10.0 Å². The van der Waals surface area contributed by atoms with Gasteiger partial charge in [-0.1, -0.05) is 42.5 Å². The zero-order valence-corrected chi connectivity index (χ0v) is 16.8. The fourth-order valence-corrected chi connectivity index (χ4v) is 3.70. The second-order valence-corrected chi connectivity index (χ2v) is 7.88. The van der Waals surface area contributed by atoms with Crippen LogP contribution >= 0.6 is 0 Å². The van der Waals surface area contributed by atoms with Gasteiger partial charge < -0.3 is 9.15 Å². The van der Waals surface area contributed by atoms with Gasteiger partial charge in [-0.25, -0.2) is 18.5 Å². The first-order valence-electron chi connectivity index (χ1n) is 9.23. The second kappa shape index (κ2) is 9.02. The van der Waals surface area contributed by atoms with Crippen LogP contribution in [-0.2, 0) is 26.0 Å². The Labute approximate surface area is 169 Å². The van der Waals surface area contributed by atoms with E-state index in [9.17, 15) is 13.2 Å². The van der Waals surface area contributed by atoms with E-state index in [-0.39, 0.29) is 17.3 Å². The summed E-state index contributed by atoms with van der Waals surface area (Å²) in [5.74, 6) is 0.460. The molecule has 152 valence electrons.